The zero-order valence-electron chi connectivity index (χ0n) is 9.37. The van der Waals surface area contributed by atoms with Crippen molar-refractivity contribution in [3.8, 4) is 5.75 Å². The predicted molar refractivity (Wildman–Crippen MR) is 68.9 cm³/mol. The van der Waals surface area contributed by atoms with E-state index in [-0.39, 0.29) is 5.15 Å². The maximum Gasteiger partial charge on any atom is 0.138 e. The summed E-state index contributed by atoms with van der Waals surface area (Å²) in [6, 6.07) is 5.24. The average Bonchev–Trinajstić information content (AvgIpc) is 2.27. The smallest absolute Gasteiger partial charge is 0.138 e. The molecule has 1 atom stereocenters. The third kappa shape index (κ3) is 2.32. The van der Waals surface area contributed by atoms with Crippen LogP contribution in [0.25, 0.3) is 10.9 Å². The van der Waals surface area contributed by atoms with E-state index in [1.54, 1.807) is 32.2 Å². The van der Waals surface area contributed by atoms with Crippen LogP contribution in [0.1, 0.15) is 18.6 Å². The average molecular weight is 272 g/mol. The molecule has 0 amide bonds. The molecule has 0 spiro atoms. The van der Waals surface area contributed by atoms with Crippen molar-refractivity contribution in [1.82, 2.24) is 4.98 Å². The summed E-state index contributed by atoms with van der Waals surface area (Å²) in [6.07, 6.45) is -0.666. The van der Waals surface area contributed by atoms with Crippen LogP contribution in [0.5, 0.6) is 5.75 Å². The first-order valence-corrected chi connectivity index (χ1v) is 5.80. The molecular weight excluding hydrogens is 261 g/mol. The number of nitrogens with zero attached hydrogens (tertiary/aromatic N) is 1. The van der Waals surface area contributed by atoms with E-state index in [4.69, 9.17) is 27.9 Å². The summed E-state index contributed by atoms with van der Waals surface area (Å²) in [6.45, 7) is 1.64. The van der Waals surface area contributed by atoms with E-state index < -0.39 is 6.10 Å². The van der Waals surface area contributed by atoms with Gasteiger partial charge in [0.15, 0.2) is 0 Å². The number of aliphatic hydroxyl groups excluding tert-OH is 1. The highest BCUT2D eigenvalue weighted by Crippen LogP contribution is 2.32. The van der Waals surface area contributed by atoms with Crippen molar-refractivity contribution < 1.29 is 9.84 Å². The first-order valence-electron chi connectivity index (χ1n) is 5.04. The number of aromatic nitrogens is 1. The molecule has 0 aliphatic heterocycles. The molecule has 5 heteroatoms. The normalized spacial score (nSPS) is 12.8. The minimum atomic E-state index is -0.666. The zero-order chi connectivity index (χ0) is 12.6. The summed E-state index contributed by atoms with van der Waals surface area (Å²) >= 11 is 12.0. The zero-order valence-corrected chi connectivity index (χ0v) is 10.9. The molecule has 0 fully saturated rings. The number of aliphatic hydroxyl groups is 1. The lowest BCUT2D eigenvalue weighted by molar-refractivity contribution is 0.199. The summed E-state index contributed by atoms with van der Waals surface area (Å²) in [5, 5.41) is 11.2. The second-order valence-electron chi connectivity index (χ2n) is 3.72. The maximum absolute atomic E-state index is 9.56. The van der Waals surface area contributed by atoms with Gasteiger partial charge in [-0.1, -0.05) is 23.2 Å². The van der Waals surface area contributed by atoms with Crippen LogP contribution in [-0.2, 0) is 0 Å². The van der Waals surface area contributed by atoms with E-state index in [0.717, 1.165) is 5.39 Å². The van der Waals surface area contributed by atoms with Crippen molar-refractivity contribution >= 4 is 34.1 Å². The topological polar surface area (TPSA) is 42.4 Å². The Hall–Kier alpha value is -1.03. The maximum atomic E-state index is 9.56. The molecule has 1 N–H and O–H groups in total. The Bertz CT molecular complexity index is 570. The third-order valence-electron chi connectivity index (χ3n) is 2.52. The summed E-state index contributed by atoms with van der Waals surface area (Å²) in [7, 11) is 1.55. The van der Waals surface area contributed by atoms with Crippen LogP contribution in [0.3, 0.4) is 0 Å². The molecule has 1 aromatic carbocycles. The van der Waals surface area contributed by atoms with Gasteiger partial charge in [0, 0.05) is 10.9 Å². The molecular formula is C12H11Cl2NO2. The molecule has 0 saturated heterocycles. The number of hydrogen-bond acceptors (Lipinski definition) is 3. The molecule has 1 aromatic heterocycles. The van der Waals surface area contributed by atoms with Crippen LogP contribution in [0.4, 0.5) is 0 Å². The Morgan fingerprint density at radius 2 is 2.00 bits per heavy atom. The molecule has 0 radical (unpaired) electrons. The second kappa shape index (κ2) is 4.69. The lowest BCUT2D eigenvalue weighted by Crippen LogP contribution is -1.95. The van der Waals surface area contributed by atoms with E-state index in [0.29, 0.717) is 21.9 Å². The fourth-order valence-corrected chi connectivity index (χ4v) is 2.16. The number of benzene rings is 1. The van der Waals surface area contributed by atoms with Crippen molar-refractivity contribution in [2.45, 2.75) is 13.0 Å². The Morgan fingerprint density at radius 3 is 2.59 bits per heavy atom. The van der Waals surface area contributed by atoms with Crippen LogP contribution in [0.2, 0.25) is 10.2 Å². The predicted octanol–water partition coefficient (Wildman–Crippen LogP) is 3.60. The number of halogens is 2. The van der Waals surface area contributed by atoms with Gasteiger partial charge in [0.05, 0.1) is 23.8 Å². The van der Waals surface area contributed by atoms with Crippen molar-refractivity contribution in [3.05, 3.63) is 33.9 Å². The van der Waals surface area contributed by atoms with Gasteiger partial charge < -0.3 is 9.84 Å². The summed E-state index contributed by atoms with van der Waals surface area (Å²) in [5.74, 6) is 0.569. The Kier molecular flexibility index (Phi) is 3.43. The monoisotopic (exact) mass is 271 g/mol. The van der Waals surface area contributed by atoms with Gasteiger partial charge in [0.1, 0.15) is 10.9 Å². The van der Waals surface area contributed by atoms with Gasteiger partial charge in [-0.2, -0.15) is 0 Å². The minimum absolute atomic E-state index is 0.286. The number of pyridine rings is 1. The van der Waals surface area contributed by atoms with E-state index >= 15 is 0 Å². The molecule has 0 aliphatic carbocycles. The number of hydrogen-bond donors (Lipinski definition) is 1. The lowest BCUT2D eigenvalue weighted by Gasteiger charge is -2.10. The van der Waals surface area contributed by atoms with Crippen LogP contribution in [-0.4, -0.2) is 17.2 Å². The number of methoxy groups -OCH3 is 1. The molecule has 3 nitrogen and oxygen atoms in total. The fourth-order valence-electron chi connectivity index (χ4n) is 1.62. The quantitative estimate of drug-likeness (QED) is 0.849. The highest BCUT2D eigenvalue weighted by Gasteiger charge is 2.11. The molecule has 0 aliphatic rings. The molecule has 17 heavy (non-hydrogen) atoms. The van der Waals surface area contributed by atoms with Gasteiger partial charge in [-0.25, -0.2) is 4.98 Å². The van der Waals surface area contributed by atoms with Crippen LogP contribution >= 0.6 is 23.2 Å². The second-order valence-corrected chi connectivity index (χ2v) is 4.49. The van der Waals surface area contributed by atoms with Crippen molar-refractivity contribution in [2.75, 3.05) is 7.11 Å². The third-order valence-corrected chi connectivity index (χ3v) is 3.12. The fraction of sp³-hybridized carbons (Fsp3) is 0.250. The van der Waals surface area contributed by atoms with Gasteiger partial charge >= 0.3 is 0 Å². The lowest BCUT2D eigenvalue weighted by atomic mass is 10.1. The van der Waals surface area contributed by atoms with Crippen LogP contribution in [0.15, 0.2) is 18.2 Å². The molecule has 1 unspecified atom stereocenters. The standard InChI is InChI=1S/C12H11Cl2NO2/c1-6(16)8-3-7-4-11(17-2)9(13)5-10(7)15-12(8)14/h3-6,16H,1-2H3. The molecule has 2 aromatic rings. The van der Waals surface area contributed by atoms with Gasteiger partial charge in [-0.3, -0.25) is 0 Å². The highest BCUT2D eigenvalue weighted by atomic mass is 35.5. The van der Waals surface area contributed by atoms with Gasteiger partial charge in [0.25, 0.3) is 0 Å². The number of ether oxygens (including phenoxy) is 1. The van der Waals surface area contributed by atoms with Gasteiger partial charge in [-0.05, 0) is 25.1 Å². The molecule has 0 bridgehead atoms. The first-order chi connectivity index (χ1) is 8.02. The largest absolute Gasteiger partial charge is 0.495 e. The minimum Gasteiger partial charge on any atom is -0.495 e. The summed E-state index contributed by atoms with van der Waals surface area (Å²) in [5.41, 5.74) is 1.26. The SMILES string of the molecule is COc1cc2cc(C(C)O)c(Cl)nc2cc1Cl. The number of fused-ring (bicyclic) bond motifs is 1. The van der Waals surface area contributed by atoms with E-state index in [9.17, 15) is 5.11 Å². The highest BCUT2D eigenvalue weighted by molar-refractivity contribution is 6.33. The molecule has 2 rings (SSSR count). The molecule has 1 heterocycles. The van der Waals surface area contributed by atoms with Crippen molar-refractivity contribution in [3.63, 3.8) is 0 Å². The summed E-state index contributed by atoms with van der Waals surface area (Å²) < 4.78 is 5.13. The van der Waals surface area contributed by atoms with E-state index in [1.165, 1.54) is 0 Å². The van der Waals surface area contributed by atoms with E-state index in [1.807, 2.05) is 0 Å². The van der Waals surface area contributed by atoms with Crippen LogP contribution < -0.4 is 4.74 Å². The van der Waals surface area contributed by atoms with Crippen molar-refractivity contribution in [2.24, 2.45) is 0 Å². The van der Waals surface area contributed by atoms with Crippen molar-refractivity contribution in [1.29, 1.82) is 0 Å². The Labute approximate surface area is 109 Å². The van der Waals surface area contributed by atoms with Crippen LogP contribution in [0, 0.1) is 0 Å². The Morgan fingerprint density at radius 1 is 1.29 bits per heavy atom. The summed E-state index contributed by atoms with van der Waals surface area (Å²) in [4.78, 5) is 4.20. The van der Waals surface area contributed by atoms with Gasteiger partial charge in [0.2, 0.25) is 0 Å². The first kappa shape index (κ1) is 12.4. The number of rotatable bonds is 2. The molecule has 0 saturated carbocycles. The Balaban J connectivity index is 2.71. The van der Waals surface area contributed by atoms with E-state index in [2.05, 4.69) is 4.98 Å². The molecule has 90 valence electrons. The van der Waals surface area contributed by atoms with Gasteiger partial charge in [-0.15, -0.1) is 0 Å².